The van der Waals surface area contributed by atoms with Gasteiger partial charge in [-0.25, -0.2) is 4.79 Å². The van der Waals surface area contributed by atoms with Gasteiger partial charge in [0.1, 0.15) is 11.6 Å². The number of thiophene rings is 1. The van der Waals surface area contributed by atoms with Gasteiger partial charge in [-0.1, -0.05) is 23.7 Å². The summed E-state index contributed by atoms with van der Waals surface area (Å²) in [7, 11) is 0. The van der Waals surface area contributed by atoms with E-state index in [4.69, 9.17) is 32.3 Å². The second-order valence-corrected chi connectivity index (χ2v) is 5.52. The van der Waals surface area contributed by atoms with Crippen molar-refractivity contribution in [1.29, 1.82) is 0 Å². The summed E-state index contributed by atoms with van der Waals surface area (Å²) in [4.78, 5) is 11.6. The van der Waals surface area contributed by atoms with Crippen molar-refractivity contribution in [1.82, 2.24) is 0 Å². The summed E-state index contributed by atoms with van der Waals surface area (Å²) in [5.74, 6) is -1.29. The summed E-state index contributed by atoms with van der Waals surface area (Å²) in [6.45, 7) is -0.479. The Morgan fingerprint density at radius 3 is 2.71 bits per heavy atom. The van der Waals surface area contributed by atoms with Crippen LogP contribution in [0.5, 0.6) is 5.75 Å². The molecule has 0 saturated heterocycles. The van der Waals surface area contributed by atoms with E-state index < -0.39 is 18.9 Å². The molecule has 0 radical (unpaired) electrons. The lowest BCUT2D eigenvalue weighted by molar-refractivity contribution is -0.0681. The molecule has 1 aromatic heterocycles. The molecule has 0 fully saturated rings. The first-order valence-electron chi connectivity index (χ1n) is 5.80. The van der Waals surface area contributed by atoms with E-state index in [2.05, 4.69) is 0 Å². The molecule has 0 aliphatic carbocycles. The first-order valence-corrected chi connectivity index (χ1v) is 7.00. The van der Waals surface area contributed by atoms with Crippen molar-refractivity contribution in [3.8, 4) is 16.2 Å². The predicted octanol–water partition coefficient (Wildman–Crippen LogP) is 2.04. The lowest BCUT2D eigenvalue weighted by Crippen LogP contribution is -2.16. The molecule has 0 amide bonds. The minimum atomic E-state index is -1.72. The Bertz CT molecular complexity index is 671. The standard InChI is InChI=1S/C13H12ClNO5S/c14-9-10(20-5-8(16)17)12(13(18)19)21-11(9)6-2-1-3-7(15)4-6/h1-4,8,16-17H,5,15H2,(H,18,19). The number of aromatic carboxylic acids is 1. The highest BCUT2D eigenvalue weighted by Crippen LogP contribution is 2.45. The van der Waals surface area contributed by atoms with Gasteiger partial charge in [-0.15, -0.1) is 11.3 Å². The Hall–Kier alpha value is -1.80. The number of ether oxygens (including phenoxy) is 1. The van der Waals surface area contributed by atoms with Gasteiger partial charge in [0.25, 0.3) is 0 Å². The number of nitrogen functional groups attached to an aromatic ring is 1. The minimum absolute atomic E-state index is 0.0836. The molecule has 1 aromatic carbocycles. The normalized spacial score (nSPS) is 10.9. The van der Waals surface area contributed by atoms with Gasteiger partial charge in [0, 0.05) is 5.69 Å². The maximum absolute atomic E-state index is 11.3. The summed E-state index contributed by atoms with van der Waals surface area (Å²) >= 11 is 7.09. The van der Waals surface area contributed by atoms with Crippen LogP contribution in [0.4, 0.5) is 5.69 Å². The van der Waals surface area contributed by atoms with Crippen LogP contribution in [0.1, 0.15) is 9.67 Å². The highest BCUT2D eigenvalue weighted by molar-refractivity contribution is 7.18. The van der Waals surface area contributed by atoms with Gasteiger partial charge >= 0.3 is 5.97 Å². The van der Waals surface area contributed by atoms with Crippen LogP contribution in [0.25, 0.3) is 10.4 Å². The first-order chi connectivity index (χ1) is 9.90. The maximum atomic E-state index is 11.3. The molecule has 5 N–H and O–H groups in total. The molecule has 0 atom stereocenters. The predicted molar refractivity (Wildman–Crippen MR) is 79.9 cm³/mol. The SMILES string of the molecule is Nc1cccc(-c2sc(C(=O)O)c(OCC(O)O)c2Cl)c1. The summed E-state index contributed by atoms with van der Waals surface area (Å²) in [5, 5.41) is 26.9. The number of carboxylic acids is 1. The third kappa shape index (κ3) is 3.45. The fourth-order valence-electron chi connectivity index (χ4n) is 1.69. The zero-order chi connectivity index (χ0) is 15.6. The van der Waals surface area contributed by atoms with Gasteiger partial charge in [-0.3, -0.25) is 0 Å². The average molecular weight is 330 g/mol. The van der Waals surface area contributed by atoms with Gasteiger partial charge in [0.15, 0.2) is 16.9 Å². The number of hydrogen-bond donors (Lipinski definition) is 4. The van der Waals surface area contributed by atoms with Crippen molar-refractivity contribution in [3.63, 3.8) is 0 Å². The molecule has 0 saturated carbocycles. The number of benzene rings is 1. The molecule has 21 heavy (non-hydrogen) atoms. The largest absolute Gasteiger partial charge is 0.485 e. The van der Waals surface area contributed by atoms with Crippen LogP contribution in [-0.2, 0) is 0 Å². The highest BCUT2D eigenvalue weighted by atomic mass is 35.5. The van der Waals surface area contributed by atoms with Gasteiger partial charge in [0.2, 0.25) is 0 Å². The Kier molecular flexibility index (Phi) is 4.69. The Morgan fingerprint density at radius 1 is 1.43 bits per heavy atom. The van der Waals surface area contributed by atoms with Crippen LogP contribution in [0.3, 0.4) is 0 Å². The number of rotatable bonds is 5. The number of anilines is 1. The molecule has 2 rings (SSSR count). The van der Waals surface area contributed by atoms with Crippen LogP contribution in [0.2, 0.25) is 5.02 Å². The first kappa shape index (κ1) is 15.6. The van der Waals surface area contributed by atoms with E-state index in [1.807, 2.05) is 0 Å². The molecule has 2 aromatic rings. The summed E-state index contributed by atoms with van der Waals surface area (Å²) in [6.07, 6.45) is -1.72. The van der Waals surface area contributed by atoms with E-state index in [-0.39, 0.29) is 15.6 Å². The second kappa shape index (κ2) is 6.31. The zero-order valence-electron chi connectivity index (χ0n) is 10.6. The topological polar surface area (TPSA) is 113 Å². The Labute approximate surface area is 129 Å². The van der Waals surface area contributed by atoms with E-state index in [1.165, 1.54) is 0 Å². The zero-order valence-corrected chi connectivity index (χ0v) is 12.2. The fraction of sp³-hybridized carbons (Fsp3) is 0.154. The van der Waals surface area contributed by atoms with Crippen molar-refractivity contribution >= 4 is 34.6 Å². The number of carboxylic acid groups (broad SMARTS) is 1. The van der Waals surface area contributed by atoms with E-state index >= 15 is 0 Å². The van der Waals surface area contributed by atoms with Crippen LogP contribution >= 0.6 is 22.9 Å². The van der Waals surface area contributed by atoms with E-state index in [1.54, 1.807) is 24.3 Å². The minimum Gasteiger partial charge on any atom is -0.485 e. The quantitative estimate of drug-likeness (QED) is 0.493. The number of nitrogens with two attached hydrogens (primary N) is 1. The summed E-state index contributed by atoms with van der Waals surface area (Å²) in [6, 6.07) is 6.82. The fourth-order valence-corrected chi connectivity index (χ4v) is 3.09. The van der Waals surface area contributed by atoms with Crippen LogP contribution in [-0.4, -0.2) is 34.2 Å². The maximum Gasteiger partial charge on any atom is 0.349 e. The van der Waals surface area contributed by atoms with Crippen molar-refractivity contribution in [3.05, 3.63) is 34.2 Å². The van der Waals surface area contributed by atoms with Gasteiger partial charge in [0.05, 0.1) is 4.88 Å². The van der Waals surface area contributed by atoms with Crippen molar-refractivity contribution in [2.45, 2.75) is 6.29 Å². The van der Waals surface area contributed by atoms with E-state index in [9.17, 15) is 9.90 Å². The van der Waals surface area contributed by atoms with Gasteiger partial charge < -0.3 is 25.8 Å². The molecule has 0 spiro atoms. The molecular weight excluding hydrogens is 318 g/mol. The number of hydrogen-bond acceptors (Lipinski definition) is 6. The van der Waals surface area contributed by atoms with Crippen molar-refractivity contribution in [2.75, 3.05) is 12.3 Å². The molecule has 0 aliphatic heterocycles. The molecule has 0 aliphatic rings. The van der Waals surface area contributed by atoms with Crippen molar-refractivity contribution in [2.24, 2.45) is 0 Å². The third-order valence-electron chi connectivity index (χ3n) is 2.53. The Balaban J connectivity index is 2.48. The number of aliphatic hydroxyl groups excluding tert-OH is 1. The smallest absolute Gasteiger partial charge is 0.349 e. The molecular formula is C13H12ClNO5S. The lowest BCUT2D eigenvalue weighted by atomic mass is 10.1. The Morgan fingerprint density at radius 2 is 2.14 bits per heavy atom. The van der Waals surface area contributed by atoms with Gasteiger partial charge in [-0.2, -0.15) is 0 Å². The average Bonchev–Trinajstić information content (AvgIpc) is 2.73. The second-order valence-electron chi connectivity index (χ2n) is 4.13. The summed E-state index contributed by atoms with van der Waals surface area (Å²) < 4.78 is 5.09. The van der Waals surface area contributed by atoms with Crippen molar-refractivity contribution < 1.29 is 24.9 Å². The van der Waals surface area contributed by atoms with Gasteiger partial charge in [-0.05, 0) is 17.7 Å². The molecule has 112 valence electrons. The third-order valence-corrected chi connectivity index (χ3v) is 4.21. The van der Waals surface area contributed by atoms with Crippen LogP contribution in [0, 0.1) is 0 Å². The molecule has 0 unspecified atom stereocenters. The number of halogens is 1. The molecule has 8 heteroatoms. The van der Waals surface area contributed by atoms with Crippen LogP contribution in [0.15, 0.2) is 24.3 Å². The van der Waals surface area contributed by atoms with E-state index in [0.29, 0.717) is 16.1 Å². The lowest BCUT2D eigenvalue weighted by Gasteiger charge is -2.07. The number of aliphatic hydroxyl groups is 2. The highest BCUT2D eigenvalue weighted by Gasteiger charge is 2.24. The molecule has 0 bridgehead atoms. The molecule has 6 nitrogen and oxygen atoms in total. The van der Waals surface area contributed by atoms with E-state index in [0.717, 1.165) is 11.3 Å². The number of carbonyl (C=O) groups is 1. The molecule has 1 heterocycles. The monoisotopic (exact) mass is 329 g/mol. The van der Waals surface area contributed by atoms with Crippen LogP contribution < -0.4 is 10.5 Å². The summed E-state index contributed by atoms with van der Waals surface area (Å²) in [5.41, 5.74) is 6.87.